The van der Waals surface area contributed by atoms with Gasteiger partial charge in [0.05, 0.1) is 5.69 Å². The van der Waals surface area contributed by atoms with E-state index in [4.69, 9.17) is 9.40 Å². The third-order valence-electron chi connectivity index (χ3n) is 5.14. The van der Waals surface area contributed by atoms with Crippen LogP contribution in [0.15, 0.2) is 58.5 Å². The van der Waals surface area contributed by atoms with E-state index in [9.17, 15) is 0 Å². The van der Waals surface area contributed by atoms with Gasteiger partial charge in [-0.2, -0.15) is 0 Å². The van der Waals surface area contributed by atoms with Gasteiger partial charge in [-0.1, -0.05) is 26.0 Å². The summed E-state index contributed by atoms with van der Waals surface area (Å²) in [6, 6.07) is 15.1. The lowest BCUT2D eigenvalue weighted by Gasteiger charge is -2.11. The van der Waals surface area contributed by atoms with Crippen molar-refractivity contribution in [1.29, 1.82) is 0 Å². The number of para-hydroxylation sites is 1. The quantitative estimate of drug-likeness (QED) is 0.331. The zero-order valence-corrected chi connectivity index (χ0v) is 15.9. The molecule has 0 amide bonds. The predicted molar refractivity (Wildman–Crippen MR) is 111 cm³/mol. The summed E-state index contributed by atoms with van der Waals surface area (Å²) in [6.45, 7) is 6.57. The van der Waals surface area contributed by atoms with Crippen molar-refractivity contribution < 1.29 is 4.42 Å². The van der Waals surface area contributed by atoms with E-state index in [1.54, 1.807) is 11.3 Å². The molecule has 0 aliphatic rings. The van der Waals surface area contributed by atoms with E-state index in [-0.39, 0.29) is 0 Å². The molecular weight excluding hydrogens is 338 g/mol. The van der Waals surface area contributed by atoms with Crippen LogP contribution in [0.1, 0.15) is 30.9 Å². The Morgan fingerprint density at radius 3 is 2.65 bits per heavy atom. The molecule has 26 heavy (non-hydrogen) atoms. The lowest BCUT2D eigenvalue weighted by molar-refractivity contribution is 0.673. The maximum absolute atomic E-state index is 6.41. The van der Waals surface area contributed by atoms with E-state index in [2.05, 4.69) is 68.6 Å². The van der Waals surface area contributed by atoms with Gasteiger partial charge < -0.3 is 4.42 Å². The molecule has 2 aromatic carbocycles. The molecule has 0 bridgehead atoms. The number of furan rings is 1. The third kappa shape index (κ3) is 2.20. The Morgan fingerprint density at radius 2 is 1.81 bits per heavy atom. The lowest BCUT2D eigenvalue weighted by Crippen LogP contribution is -1.95. The van der Waals surface area contributed by atoms with Gasteiger partial charge in [0.15, 0.2) is 0 Å². The number of benzene rings is 2. The molecule has 0 unspecified atom stereocenters. The van der Waals surface area contributed by atoms with Crippen molar-refractivity contribution in [2.45, 2.75) is 26.7 Å². The Balaban J connectivity index is 1.84. The van der Waals surface area contributed by atoms with Crippen LogP contribution in [0.3, 0.4) is 0 Å². The van der Waals surface area contributed by atoms with Gasteiger partial charge in [-0.15, -0.1) is 11.3 Å². The van der Waals surface area contributed by atoms with Crippen LogP contribution < -0.4 is 0 Å². The topological polar surface area (TPSA) is 26.0 Å². The number of thiophene rings is 1. The Labute approximate surface area is 156 Å². The van der Waals surface area contributed by atoms with Crippen LogP contribution in [0.25, 0.3) is 43.3 Å². The van der Waals surface area contributed by atoms with Crippen molar-refractivity contribution in [1.82, 2.24) is 4.98 Å². The Kier molecular flexibility index (Phi) is 3.41. The standard InChI is InChI=1S/C23H19NOS/c1-13(2)19-11-20(24-12-14(19)3)17-6-4-5-15-16-7-8-21-18(9-10-26-21)23(16)25-22(15)17/h4-13H,1-3H3. The fraction of sp³-hybridized carbons (Fsp3) is 0.174. The van der Waals surface area contributed by atoms with Gasteiger partial charge in [-0.05, 0) is 59.7 Å². The number of aryl methyl sites for hydroxylation is 1. The van der Waals surface area contributed by atoms with E-state index in [1.807, 2.05) is 6.20 Å². The minimum atomic E-state index is 0.469. The molecule has 0 N–H and O–H groups in total. The fourth-order valence-electron chi connectivity index (χ4n) is 3.81. The summed E-state index contributed by atoms with van der Waals surface area (Å²) < 4.78 is 7.66. The largest absolute Gasteiger partial charge is 0.455 e. The van der Waals surface area contributed by atoms with Crippen LogP contribution in [0, 0.1) is 6.92 Å². The molecule has 5 aromatic rings. The monoisotopic (exact) mass is 357 g/mol. The number of nitrogens with zero attached hydrogens (tertiary/aromatic N) is 1. The Bertz CT molecular complexity index is 1280. The fourth-order valence-corrected chi connectivity index (χ4v) is 4.60. The first-order chi connectivity index (χ1) is 12.6. The first-order valence-electron chi connectivity index (χ1n) is 8.92. The molecule has 0 aliphatic heterocycles. The molecule has 3 heterocycles. The summed E-state index contributed by atoms with van der Waals surface area (Å²) in [6.07, 6.45) is 1.98. The average Bonchev–Trinajstić information content (AvgIpc) is 3.25. The zero-order valence-electron chi connectivity index (χ0n) is 15.0. The van der Waals surface area contributed by atoms with Gasteiger partial charge >= 0.3 is 0 Å². The lowest BCUT2D eigenvalue weighted by atomic mass is 9.97. The maximum Gasteiger partial charge on any atom is 0.144 e. The minimum Gasteiger partial charge on any atom is -0.455 e. The van der Waals surface area contributed by atoms with E-state index in [0.29, 0.717) is 5.92 Å². The average molecular weight is 357 g/mol. The summed E-state index contributed by atoms with van der Waals surface area (Å²) in [5, 5.41) is 5.63. The molecule has 0 saturated heterocycles. The summed E-state index contributed by atoms with van der Waals surface area (Å²) in [5.74, 6) is 0.469. The maximum atomic E-state index is 6.41. The van der Waals surface area contributed by atoms with Crippen LogP contribution >= 0.6 is 11.3 Å². The highest BCUT2D eigenvalue weighted by Gasteiger charge is 2.16. The van der Waals surface area contributed by atoms with Crippen molar-refractivity contribution in [3.63, 3.8) is 0 Å². The zero-order chi connectivity index (χ0) is 17.8. The minimum absolute atomic E-state index is 0.469. The van der Waals surface area contributed by atoms with Gasteiger partial charge in [0.2, 0.25) is 0 Å². The molecule has 0 fully saturated rings. The van der Waals surface area contributed by atoms with Crippen molar-refractivity contribution in [2.24, 2.45) is 0 Å². The van der Waals surface area contributed by atoms with Crippen molar-refractivity contribution in [3.05, 3.63) is 65.2 Å². The second kappa shape index (κ2) is 5.68. The van der Waals surface area contributed by atoms with Crippen LogP contribution in [0.4, 0.5) is 0 Å². The van der Waals surface area contributed by atoms with E-state index in [0.717, 1.165) is 27.8 Å². The highest BCUT2D eigenvalue weighted by Crippen LogP contribution is 2.39. The number of fused-ring (bicyclic) bond motifs is 5. The summed E-state index contributed by atoms with van der Waals surface area (Å²) >= 11 is 1.75. The van der Waals surface area contributed by atoms with Crippen molar-refractivity contribution in [2.75, 3.05) is 0 Å². The molecule has 128 valence electrons. The Hall–Kier alpha value is -2.65. The molecule has 0 atom stereocenters. The highest BCUT2D eigenvalue weighted by atomic mass is 32.1. The highest BCUT2D eigenvalue weighted by molar-refractivity contribution is 7.17. The van der Waals surface area contributed by atoms with Gasteiger partial charge in [0.1, 0.15) is 11.2 Å². The first-order valence-corrected chi connectivity index (χ1v) is 9.80. The molecule has 2 nitrogen and oxygen atoms in total. The molecule has 0 aliphatic carbocycles. The van der Waals surface area contributed by atoms with Crippen molar-refractivity contribution >= 4 is 43.4 Å². The predicted octanol–water partition coefficient (Wildman–Crippen LogP) is 7.29. The molecule has 0 saturated carbocycles. The molecule has 3 heteroatoms. The van der Waals surface area contributed by atoms with Crippen LogP contribution in [-0.4, -0.2) is 4.98 Å². The third-order valence-corrected chi connectivity index (χ3v) is 6.02. The van der Waals surface area contributed by atoms with Gasteiger partial charge in [0.25, 0.3) is 0 Å². The summed E-state index contributed by atoms with van der Waals surface area (Å²) in [7, 11) is 0. The molecule has 0 spiro atoms. The van der Waals surface area contributed by atoms with Crippen LogP contribution in [-0.2, 0) is 0 Å². The SMILES string of the molecule is Cc1cnc(-c2cccc3c2oc2c4ccsc4ccc32)cc1C(C)C. The number of rotatable bonds is 2. The van der Waals surface area contributed by atoms with E-state index in [1.165, 1.54) is 26.6 Å². The van der Waals surface area contributed by atoms with Crippen LogP contribution in [0.5, 0.6) is 0 Å². The number of aromatic nitrogens is 1. The second-order valence-electron chi connectivity index (χ2n) is 7.14. The summed E-state index contributed by atoms with van der Waals surface area (Å²) in [4.78, 5) is 4.71. The van der Waals surface area contributed by atoms with Gasteiger partial charge in [-0.25, -0.2) is 0 Å². The van der Waals surface area contributed by atoms with Gasteiger partial charge in [-0.3, -0.25) is 4.98 Å². The summed E-state index contributed by atoms with van der Waals surface area (Å²) in [5.41, 5.74) is 6.51. The van der Waals surface area contributed by atoms with E-state index >= 15 is 0 Å². The van der Waals surface area contributed by atoms with Crippen molar-refractivity contribution in [3.8, 4) is 11.3 Å². The number of pyridine rings is 1. The van der Waals surface area contributed by atoms with E-state index < -0.39 is 0 Å². The Morgan fingerprint density at radius 1 is 0.962 bits per heavy atom. The normalized spacial score (nSPS) is 12.0. The molecule has 0 radical (unpaired) electrons. The number of hydrogen-bond donors (Lipinski definition) is 0. The smallest absolute Gasteiger partial charge is 0.144 e. The molecule has 3 aromatic heterocycles. The molecular formula is C23H19NOS. The second-order valence-corrected chi connectivity index (χ2v) is 8.09. The molecule has 5 rings (SSSR count). The van der Waals surface area contributed by atoms with Gasteiger partial charge in [0, 0.05) is 32.6 Å². The first kappa shape index (κ1) is 15.6. The number of hydrogen-bond acceptors (Lipinski definition) is 3. The van der Waals surface area contributed by atoms with Crippen LogP contribution in [0.2, 0.25) is 0 Å².